The Balaban J connectivity index is 0. The molecule has 40 valence electrons. The minimum atomic E-state index is 0. The molecule has 0 radical (unpaired) electrons. The average Bonchev–Trinajstić information content (AvgIpc) is 1.90. The van der Waals surface area contributed by atoms with Gasteiger partial charge in [-0.1, -0.05) is 24.3 Å². The molecular formula is C7H11K. The standard InChI is InChI=1S/C7H10.K.H/c1-2-4-6-7-5-3-1;;/h1-4H,5-7H2;;/q;+1;-1. The first-order chi connectivity index (χ1) is 3.50. The SMILES string of the molecule is C1=CCCCC=C1.[H-].[K+]. The summed E-state index contributed by atoms with van der Waals surface area (Å²) in [5.74, 6) is 0. The molecule has 1 rings (SSSR count). The van der Waals surface area contributed by atoms with Crippen molar-refractivity contribution in [3.05, 3.63) is 24.3 Å². The van der Waals surface area contributed by atoms with Crippen LogP contribution in [0.3, 0.4) is 0 Å². The predicted octanol–water partition coefficient (Wildman–Crippen LogP) is -0.601. The van der Waals surface area contributed by atoms with E-state index >= 15 is 0 Å². The zero-order chi connectivity index (χ0) is 4.95. The van der Waals surface area contributed by atoms with E-state index in [1.54, 1.807) is 0 Å². The Labute approximate surface area is 95.0 Å². The Hall–Kier alpha value is 1.12. The van der Waals surface area contributed by atoms with Gasteiger partial charge in [-0.15, -0.1) is 0 Å². The maximum atomic E-state index is 2.21. The van der Waals surface area contributed by atoms with Gasteiger partial charge in [0.15, 0.2) is 0 Å². The molecule has 0 unspecified atom stereocenters. The summed E-state index contributed by atoms with van der Waals surface area (Å²) in [4.78, 5) is 0. The molecule has 0 heterocycles. The Morgan fingerprint density at radius 2 is 1.50 bits per heavy atom. The summed E-state index contributed by atoms with van der Waals surface area (Å²) in [6, 6.07) is 0. The molecule has 0 bridgehead atoms. The molecule has 1 aliphatic rings. The van der Waals surface area contributed by atoms with Gasteiger partial charge in [-0.3, -0.25) is 0 Å². The fourth-order valence-corrected chi connectivity index (χ4v) is 0.703. The van der Waals surface area contributed by atoms with Crippen LogP contribution in [0.25, 0.3) is 0 Å². The molecule has 0 N–H and O–H groups in total. The monoisotopic (exact) mass is 134 g/mol. The van der Waals surface area contributed by atoms with E-state index in [9.17, 15) is 0 Å². The van der Waals surface area contributed by atoms with Crippen molar-refractivity contribution >= 4 is 0 Å². The molecule has 0 aliphatic heterocycles. The number of hydrogen-bond donors (Lipinski definition) is 0. The first-order valence-electron chi connectivity index (χ1n) is 2.82. The van der Waals surface area contributed by atoms with Crippen LogP contribution < -0.4 is 51.4 Å². The Morgan fingerprint density at radius 1 is 1.00 bits per heavy atom. The molecule has 0 saturated heterocycles. The summed E-state index contributed by atoms with van der Waals surface area (Å²) >= 11 is 0. The van der Waals surface area contributed by atoms with Gasteiger partial charge in [-0.2, -0.15) is 0 Å². The minimum Gasteiger partial charge on any atom is -1.00 e. The van der Waals surface area contributed by atoms with Crippen molar-refractivity contribution in [3.8, 4) is 0 Å². The first-order valence-corrected chi connectivity index (χ1v) is 2.82. The van der Waals surface area contributed by atoms with Crippen LogP contribution in [-0.2, 0) is 0 Å². The predicted molar refractivity (Wildman–Crippen MR) is 33.2 cm³/mol. The van der Waals surface area contributed by atoms with Crippen LogP contribution in [0, 0.1) is 0 Å². The fourth-order valence-electron chi connectivity index (χ4n) is 0.703. The smallest absolute Gasteiger partial charge is 1.00 e. The van der Waals surface area contributed by atoms with Crippen LogP contribution in [-0.4, -0.2) is 0 Å². The normalized spacial score (nSPS) is 17.0. The van der Waals surface area contributed by atoms with Crippen LogP contribution in [0.1, 0.15) is 20.7 Å². The summed E-state index contributed by atoms with van der Waals surface area (Å²) in [7, 11) is 0. The summed E-state index contributed by atoms with van der Waals surface area (Å²) in [5, 5.41) is 0. The molecular weight excluding hydrogens is 123 g/mol. The van der Waals surface area contributed by atoms with Crippen molar-refractivity contribution in [2.75, 3.05) is 0 Å². The van der Waals surface area contributed by atoms with Crippen molar-refractivity contribution in [2.45, 2.75) is 19.3 Å². The quantitative estimate of drug-likeness (QED) is 0.388. The maximum Gasteiger partial charge on any atom is 1.00 e. The zero-order valence-corrected chi connectivity index (χ0v) is 8.55. The number of allylic oxidation sites excluding steroid dienone is 4. The minimum absolute atomic E-state index is 0. The van der Waals surface area contributed by atoms with Gasteiger partial charge in [0.1, 0.15) is 0 Å². The van der Waals surface area contributed by atoms with E-state index in [2.05, 4.69) is 24.3 Å². The topological polar surface area (TPSA) is 0 Å². The van der Waals surface area contributed by atoms with Crippen molar-refractivity contribution in [3.63, 3.8) is 0 Å². The van der Waals surface area contributed by atoms with Gasteiger partial charge in [0.05, 0.1) is 0 Å². The van der Waals surface area contributed by atoms with Gasteiger partial charge < -0.3 is 1.43 Å². The summed E-state index contributed by atoms with van der Waals surface area (Å²) in [6.45, 7) is 0. The number of rotatable bonds is 0. The molecule has 0 amide bonds. The largest absolute Gasteiger partial charge is 1.00 e. The third-order valence-electron chi connectivity index (χ3n) is 1.12. The van der Waals surface area contributed by atoms with Crippen molar-refractivity contribution in [1.82, 2.24) is 0 Å². The third-order valence-corrected chi connectivity index (χ3v) is 1.12. The van der Waals surface area contributed by atoms with E-state index in [1.165, 1.54) is 19.3 Å². The second-order valence-corrected chi connectivity index (χ2v) is 1.79. The number of hydrogen-bond acceptors (Lipinski definition) is 0. The van der Waals surface area contributed by atoms with Crippen LogP contribution in [0.15, 0.2) is 24.3 Å². The van der Waals surface area contributed by atoms with Crippen LogP contribution in [0.5, 0.6) is 0 Å². The van der Waals surface area contributed by atoms with Crippen molar-refractivity contribution < 1.29 is 52.8 Å². The molecule has 0 aromatic carbocycles. The van der Waals surface area contributed by atoms with Crippen LogP contribution in [0.2, 0.25) is 0 Å². The van der Waals surface area contributed by atoms with Gasteiger partial charge in [0.2, 0.25) is 0 Å². The van der Waals surface area contributed by atoms with E-state index in [1.807, 2.05) is 0 Å². The molecule has 0 atom stereocenters. The average molecular weight is 134 g/mol. The van der Waals surface area contributed by atoms with E-state index in [0.717, 1.165) is 0 Å². The van der Waals surface area contributed by atoms with Gasteiger partial charge in [0.25, 0.3) is 0 Å². The Bertz CT molecular complexity index is 85.1. The molecule has 0 aromatic rings. The van der Waals surface area contributed by atoms with Gasteiger partial charge >= 0.3 is 51.4 Å². The molecule has 0 fully saturated rings. The van der Waals surface area contributed by atoms with E-state index in [-0.39, 0.29) is 52.8 Å². The van der Waals surface area contributed by atoms with Crippen molar-refractivity contribution in [1.29, 1.82) is 0 Å². The van der Waals surface area contributed by atoms with Crippen LogP contribution >= 0.6 is 0 Å². The summed E-state index contributed by atoms with van der Waals surface area (Å²) < 4.78 is 0. The molecule has 1 aliphatic carbocycles. The molecule has 0 spiro atoms. The summed E-state index contributed by atoms with van der Waals surface area (Å²) in [6.07, 6.45) is 12.5. The maximum absolute atomic E-state index is 2.21. The Kier molecular flexibility index (Phi) is 7.11. The molecule has 1 heteroatoms. The Morgan fingerprint density at radius 3 is 2.00 bits per heavy atom. The third kappa shape index (κ3) is 4.04. The van der Waals surface area contributed by atoms with Gasteiger partial charge in [0, 0.05) is 0 Å². The summed E-state index contributed by atoms with van der Waals surface area (Å²) in [5.41, 5.74) is 0. The van der Waals surface area contributed by atoms with Crippen molar-refractivity contribution in [2.24, 2.45) is 0 Å². The first kappa shape index (κ1) is 9.12. The van der Waals surface area contributed by atoms with Gasteiger partial charge in [-0.25, -0.2) is 0 Å². The van der Waals surface area contributed by atoms with E-state index < -0.39 is 0 Å². The molecule has 0 saturated carbocycles. The zero-order valence-electron chi connectivity index (χ0n) is 6.43. The molecule has 0 nitrogen and oxygen atoms in total. The molecule has 0 aromatic heterocycles. The fraction of sp³-hybridized carbons (Fsp3) is 0.429. The second kappa shape index (κ2) is 6.24. The second-order valence-electron chi connectivity index (χ2n) is 1.79. The van der Waals surface area contributed by atoms with Gasteiger partial charge in [-0.05, 0) is 19.3 Å². The van der Waals surface area contributed by atoms with E-state index in [4.69, 9.17) is 0 Å². The van der Waals surface area contributed by atoms with Crippen LogP contribution in [0.4, 0.5) is 0 Å². The molecule has 8 heavy (non-hydrogen) atoms. The van der Waals surface area contributed by atoms with E-state index in [0.29, 0.717) is 0 Å².